The molecule has 0 amide bonds. The number of aliphatic hydroxyl groups excluding tert-OH is 1. The van der Waals surface area contributed by atoms with E-state index in [0.29, 0.717) is 6.61 Å². The minimum Gasteiger partial charge on any atom is -0.488 e. The molecule has 4 nitrogen and oxygen atoms in total. The molecule has 0 bridgehead atoms. The predicted octanol–water partition coefficient (Wildman–Crippen LogP) is -0.115. The van der Waals surface area contributed by atoms with Crippen LogP contribution in [0.15, 0.2) is 54.6 Å². The van der Waals surface area contributed by atoms with Crippen molar-refractivity contribution in [3.63, 3.8) is 0 Å². The fourth-order valence-corrected chi connectivity index (χ4v) is 2.28. The van der Waals surface area contributed by atoms with Crippen LogP contribution in [0.2, 0.25) is 0 Å². The first-order valence-corrected chi connectivity index (χ1v) is 7.89. The third-order valence-electron chi connectivity index (χ3n) is 3.48. The number of quaternary nitrogens is 2. The lowest BCUT2D eigenvalue weighted by Crippen LogP contribution is -2.94. The smallest absolute Gasteiger partial charge is 0.128 e. The summed E-state index contributed by atoms with van der Waals surface area (Å²) in [5.41, 5.74) is 2.40. The lowest BCUT2D eigenvalue weighted by molar-refractivity contribution is -0.731. The van der Waals surface area contributed by atoms with Crippen molar-refractivity contribution in [2.24, 2.45) is 0 Å². The van der Waals surface area contributed by atoms with Crippen molar-refractivity contribution in [3.05, 3.63) is 65.7 Å². The van der Waals surface area contributed by atoms with Crippen molar-refractivity contribution in [1.29, 1.82) is 0 Å². The topological polar surface area (TPSA) is 62.7 Å². The van der Waals surface area contributed by atoms with Gasteiger partial charge in [-0.05, 0) is 17.7 Å². The van der Waals surface area contributed by atoms with E-state index in [9.17, 15) is 0 Å². The van der Waals surface area contributed by atoms with Crippen molar-refractivity contribution in [3.8, 4) is 5.75 Å². The Morgan fingerprint density at radius 2 is 1.55 bits per heavy atom. The average Bonchev–Trinajstić information content (AvgIpc) is 2.58. The van der Waals surface area contributed by atoms with Gasteiger partial charge < -0.3 is 20.5 Å². The van der Waals surface area contributed by atoms with Crippen LogP contribution in [0.4, 0.5) is 0 Å². The molecule has 2 aromatic rings. The number of ether oxygens (including phenoxy) is 1. The lowest BCUT2D eigenvalue weighted by Gasteiger charge is -2.10. The zero-order valence-corrected chi connectivity index (χ0v) is 12.9. The van der Waals surface area contributed by atoms with Gasteiger partial charge in [0.15, 0.2) is 0 Å². The number of hydrogen-bond donors (Lipinski definition) is 3. The minimum atomic E-state index is 0.246. The molecule has 0 aliphatic rings. The number of nitrogens with two attached hydrogens (primary N) is 2. The molecule has 0 atom stereocenters. The zero-order valence-electron chi connectivity index (χ0n) is 12.9. The van der Waals surface area contributed by atoms with Gasteiger partial charge in [-0.15, -0.1) is 0 Å². The van der Waals surface area contributed by atoms with E-state index in [1.165, 1.54) is 11.1 Å². The standard InChI is InChI=1S/C18H24N2O2/c21-13-12-19-10-11-20-14-17-8-4-5-9-18(17)22-15-16-6-2-1-3-7-16/h1-9,19-21H,10-15H2/p+2. The highest BCUT2D eigenvalue weighted by molar-refractivity contribution is 5.32. The van der Waals surface area contributed by atoms with E-state index in [4.69, 9.17) is 9.84 Å². The Balaban J connectivity index is 1.79. The lowest BCUT2D eigenvalue weighted by atomic mass is 10.2. The van der Waals surface area contributed by atoms with Gasteiger partial charge in [-0.2, -0.15) is 0 Å². The molecule has 0 spiro atoms. The summed E-state index contributed by atoms with van der Waals surface area (Å²) in [6, 6.07) is 18.4. The molecule has 118 valence electrons. The highest BCUT2D eigenvalue weighted by Crippen LogP contribution is 2.18. The molecule has 4 heteroatoms. The van der Waals surface area contributed by atoms with Crippen LogP contribution < -0.4 is 15.4 Å². The number of aliphatic hydroxyl groups is 1. The van der Waals surface area contributed by atoms with Gasteiger partial charge >= 0.3 is 0 Å². The van der Waals surface area contributed by atoms with E-state index in [1.807, 2.05) is 30.3 Å². The van der Waals surface area contributed by atoms with Crippen LogP contribution in [-0.2, 0) is 13.2 Å². The molecular formula is C18H26N2O2+2. The molecule has 5 N–H and O–H groups in total. The highest BCUT2D eigenvalue weighted by atomic mass is 16.5. The summed E-state index contributed by atoms with van der Waals surface area (Å²) in [5, 5.41) is 13.1. The summed E-state index contributed by atoms with van der Waals surface area (Å²) in [6.07, 6.45) is 0. The van der Waals surface area contributed by atoms with Crippen molar-refractivity contribution < 1.29 is 20.5 Å². The summed E-state index contributed by atoms with van der Waals surface area (Å²) in [7, 11) is 0. The summed E-state index contributed by atoms with van der Waals surface area (Å²) in [4.78, 5) is 0. The number of hydrogen-bond acceptors (Lipinski definition) is 2. The van der Waals surface area contributed by atoms with Crippen molar-refractivity contribution in [1.82, 2.24) is 0 Å². The monoisotopic (exact) mass is 302 g/mol. The second kappa shape index (κ2) is 9.95. The number of benzene rings is 2. The predicted molar refractivity (Wildman–Crippen MR) is 86.5 cm³/mol. The van der Waals surface area contributed by atoms with Crippen LogP contribution >= 0.6 is 0 Å². The van der Waals surface area contributed by atoms with Crippen LogP contribution in [0.3, 0.4) is 0 Å². The summed E-state index contributed by atoms with van der Waals surface area (Å²) >= 11 is 0. The molecule has 0 saturated heterocycles. The summed E-state index contributed by atoms with van der Waals surface area (Å²) in [5.74, 6) is 0.960. The van der Waals surface area contributed by atoms with Crippen molar-refractivity contribution in [2.45, 2.75) is 13.2 Å². The van der Waals surface area contributed by atoms with E-state index >= 15 is 0 Å². The molecule has 2 aromatic carbocycles. The first-order valence-electron chi connectivity index (χ1n) is 7.89. The Kier molecular flexibility index (Phi) is 7.46. The van der Waals surface area contributed by atoms with Crippen LogP contribution in [0.1, 0.15) is 11.1 Å². The molecule has 0 fully saturated rings. The number of rotatable bonds is 10. The first-order chi connectivity index (χ1) is 10.9. The van der Waals surface area contributed by atoms with Gasteiger partial charge in [0.1, 0.15) is 32.0 Å². The zero-order chi connectivity index (χ0) is 15.5. The minimum absolute atomic E-state index is 0.246. The molecule has 0 aliphatic heterocycles. The van der Waals surface area contributed by atoms with Crippen LogP contribution in [0.5, 0.6) is 5.75 Å². The molecule has 0 radical (unpaired) electrons. The second-order valence-electron chi connectivity index (χ2n) is 5.25. The molecule has 0 aromatic heterocycles. The Morgan fingerprint density at radius 1 is 0.818 bits per heavy atom. The fourth-order valence-electron chi connectivity index (χ4n) is 2.28. The summed E-state index contributed by atoms with van der Waals surface area (Å²) < 4.78 is 5.96. The van der Waals surface area contributed by atoms with Gasteiger partial charge in [-0.3, -0.25) is 0 Å². The van der Waals surface area contributed by atoms with Gasteiger partial charge in [-0.1, -0.05) is 42.5 Å². The van der Waals surface area contributed by atoms with Crippen molar-refractivity contribution >= 4 is 0 Å². The van der Waals surface area contributed by atoms with Crippen LogP contribution in [0, 0.1) is 0 Å². The van der Waals surface area contributed by atoms with Gasteiger partial charge in [0.2, 0.25) is 0 Å². The maximum absolute atomic E-state index is 8.73. The largest absolute Gasteiger partial charge is 0.488 e. The Morgan fingerprint density at radius 3 is 2.36 bits per heavy atom. The van der Waals surface area contributed by atoms with Crippen LogP contribution in [-0.4, -0.2) is 31.3 Å². The molecule has 0 aliphatic carbocycles. The quantitative estimate of drug-likeness (QED) is 0.536. The maximum atomic E-state index is 8.73. The normalized spacial score (nSPS) is 10.6. The van der Waals surface area contributed by atoms with Gasteiger partial charge in [-0.25, -0.2) is 0 Å². The summed E-state index contributed by atoms with van der Waals surface area (Å²) in [6.45, 7) is 4.60. The third kappa shape index (κ3) is 5.85. The van der Waals surface area contributed by atoms with Gasteiger partial charge in [0.25, 0.3) is 0 Å². The van der Waals surface area contributed by atoms with E-state index in [1.54, 1.807) is 0 Å². The van der Waals surface area contributed by atoms with E-state index in [0.717, 1.165) is 31.9 Å². The van der Waals surface area contributed by atoms with E-state index < -0.39 is 0 Å². The van der Waals surface area contributed by atoms with E-state index in [-0.39, 0.29) is 6.61 Å². The SMILES string of the molecule is OCC[NH2+]CC[NH2+]Cc1ccccc1OCc1ccccc1. The third-order valence-corrected chi connectivity index (χ3v) is 3.48. The fraction of sp³-hybridized carbons (Fsp3) is 0.333. The Bertz CT molecular complexity index is 532. The molecule has 0 saturated carbocycles. The Labute approximate surface area is 132 Å². The highest BCUT2D eigenvalue weighted by Gasteiger charge is 2.05. The molecule has 22 heavy (non-hydrogen) atoms. The van der Waals surface area contributed by atoms with E-state index in [2.05, 4.69) is 34.9 Å². The van der Waals surface area contributed by atoms with Gasteiger partial charge in [0, 0.05) is 5.56 Å². The molecule has 0 heterocycles. The Hall–Kier alpha value is -1.88. The van der Waals surface area contributed by atoms with Crippen molar-refractivity contribution in [2.75, 3.05) is 26.2 Å². The van der Waals surface area contributed by atoms with Gasteiger partial charge in [0.05, 0.1) is 13.2 Å². The average molecular weight is 302 g/mol. The second-order valence-corrected chi connectivity index (χ2v) is 5.25. The molecule has 0 unspecified atom stereocenters. The molecule has 2 rings (SSSR count). The molecular weight excluding hydrogens is 276 g/mol. The number of para-hydroxylation sites is 1. The van der Waals surface area contributed by atoms with Crippen LogP contribution in [0.25, 0.3) is 0 Å². The maximum Gasteiger partial charge on any atom is 0.128 e. The first kappa shape index (κ1) is 16.5.